The highest BCUT2D eigenvalue weighted by molar-refractivity contribution is 5.69. The van der Waals surface area contributed by atoms with Crippen LogP contribution in [-0.4, -0.2) is 26.9 Å². The lowest BCUT2D eigenvalue weighted by molar-refractivity contribution is 0.0377. The third-order valence-corrected chi connectivity index (χ3v) is 4.68. The fourth-order valence-electron chi connectivity index (χ4n) is 3.15. The number of hydrogen-bond acceptors (Lipinski definition) is 5. The summed E-state index contributed by atoms with van der Waals surface area (Å²) in [4.78, 5) is 11.9. The van der Waals surface area contributed by atoms with Gasteiger partial charge in [0.05, 0.1) is 20.3 Å². The smallest absolute Gasteiger partial charge is 0.407 e. The Balaban J connectivity index is 2.00. The van der Waals surface area contributed by atoms with Gasteiger partial charge in [0, 0.05) is 17.0 Å². The van der Waals surface area contributed by atoms with Crippen molar-refractivity contribution in [3.63, 3.8) is 0 Å². The van der Waals surface area contributed by atoms with Crippen molar-refractivity contribution < 1.29 is 23.7 Å². The van der Waals surface area contributed by atoms with E-state index in [2.05, 4.69) is 5.32 Å². The minimum absolute atomic E-state index is 0.288. The number of amides is 1. The molecule has 0 saturated carbocycles. The third-order valence-electron chi connectivity index (χ3n) is 4.68. The van der Waals surface area contributed by atoms with E-state index in [1.54, 1.807) is 20.3 Å². The molecule has 3 rings (SSSR count). The zero-order valence-electron chi connectivity index (χ0n) is 16.1. The SMILES string of the molecule is COc1cc(OCc2ccccc2)c([C@@H]2NC(=O)OCC2(C)C)cc1OC. The van der Waals surface area contributed by atoms with Gasteiger partial charge in [-0.1, -0.05) is 44.2 Å². The number of alkyl carbamates (subject to hydrolysis) is 1. The average molecular weight is 371 g/mol. The van der Waals surface area contributed by atoms with E-state index in [0.29, 0.717) is 30.5 Å². The Morgan fingerprint density at radius 3 is 2.41 bits per heavy atom. The first kappa shape index (κ1) is 18.9. The molecule has 0 aromatic heterocycles. The lowest BCUT2D eigenvalue weighted by atomic mass is 9.80. The van der Waals surface area contributed by atoms with Crippen LogP contribution in [0.25, 0.3) is 0 Å². The monoisotopic (exact) mass is 371 g/mol. The standard InChI is InChI=1S/C21H25NO5/c1-21(2)13-27-20(23)22-19(21)15-10-17(24-3)18(25-4)11-16(15)26-12-14-8-6-5-7-9-14/h5-11,19H,12-13H2,1-4H3,(H,22,23)/t19-/m0/s1. The van der Waals surface area contributed by atoms with Gasteiger partial charge in [0.2, 0.25) is 0 Å². The normalized spacial score (nSPS) is 18.2. The first-order valence-corrected chi connectivity index (χ1v) is 8.80. The number of benzene rings is 2. The highest BCUT2D eigenvalue weighted by Crippen LogP contribution is 2.44. The van der Waals surface area contributed by atoms with E-state index in [0.717, 1.165) is 11.1 Å². The lowest BCUT2D eigenvalue weighted by Crippen LogP contribution is -2.47. The molecule has 6 nitrogen and oxygen atoms in total. The maximum absolute atomic E-state index is 11.9. The van der Waals surface area contributed by atoms with Crippen LogP contribution >= 0.6 is 0 Å². The van der Waals surface area contributed by atoms with Crippen LogP contribution in [0.1, 0.15) is 31.0 Å². The van der Waals surface area contributed by atoms with E-state index in [4.69, 9.17) is 18.9 Å². The Hall–Kier alpha value is -2.89. The molecule has 1 heterocycles. The van der Waals surface area contributed by atoms with Crippen LogP contribution < -0.4 is 19.5 Å². The van der Waals surface area contributed by atoms with Gasteiger partial charge in [-0.25, -0.2) is 4.79 Å². The van der Waals surface area contributed by atoms with Gasteiger partial charge in [0.1, 0.15) is 19.0 Å². The van der Waals surface area contributed by atoms with Crippen LogP contribution in [0.4, 0.5) is 4.79 Å². The Morgan fingerprint density at radius 1 is 1.07 bits per heavy atom. The molecule has 27 heavy (non-hydrogen) atoms. The summed E-state index contributed by atoms with van der Waals surface area (Å²) in [6.07, 6.45) is -0.442. The van der Waals surface area contributed by atoms with Crippen molar-refractivity contribution in [1.29, 1.82) is 0 Å². The van der Waals surface area contributed by atoms with Gasteiger partial charge >= 0.3 is 6.09 Å². The molecule has 1 N–H and O–H groups in total. The second-order valence-corrected chi connectivity index (χ2v) is 7.16. The van der Waals surface area contributed by atoms with E-state index in [-0.39, 0.29) is 11.5 Å². The molecule has 144 valence electrons. The van der Waals surface area contributed by atoms with Gasteiger partial charge in [0.25, 0.3) is 0 Å². The predicted molar refractivity (Wildman–Crippen MR) is 101 cm³/mol. The van der Waals surface area contributed by atoms with Crippen LogP contribution in [0.2, 0.25) is 0 Å². The third kappa shape index (κ3) is 4.10. The Kier molecular flexibility index (Phi) is 5.44. The molecule has 2 aromatic carbocycles. The van der Waals surface area contributed by atoms with E-state index >= 15 is 0 Å². The summed E-state index contributed by atoms with van der Waals surface area (Å²) in [5.41, 5.74) is 1.55. The van der Waals surface area contributed by atoms with Crippen molar-refractivity contribution in [2.45, 2.75) is 26.5 Å². The molecule has 0 spiro atoms. The molecule has 0 bridgehead atoms. The molecule has 1 fully saturated rings. The van der Waals surface area contributed by atoms with Gasteiger partial charge in [-0.2, -0.15) is 0 Å². The van der Waals surface area contributed by atoms with Gasteiger partial charge in [-0.15, -0.1) is 0 Å². The van der Waals surface area contributed by atoms with E-state index in [1.165, 1.54) is 0 Å². The topological polar surface area (TPSA) is 66.0 Å². The van der Waals surface area contributed by atoms with Crippen LogP contribution in [0.5, 0.6) is 17.2 Å². The molecule has 2 aromatic rings. The molecule has 6 heteroatoms. The molecule has 0 aliphatic carbocycles. The molecule has 1 aliphatic heterocycles. The number of nitrogens with one attached hydrogen (secondary N) is 1. The van der Waals surface area contributed by atoms with E-state index in [9.17, 15) is 4.79 Å². The zero-order valence-corrected chi connectivity index (χ0v) is 16.1. The number of methoxy groups -OCH3 is 2. The Morgan fingerprint density at radius 2 is 1.74 bits per heavy atom. The van der Waals surface area contributed by atoms with Gasteiger partial charge in [0.15, 0.2) is 11.5 Å². The summed E-state index contributed by atoms with van der Waals surface area (Å²) in [5.74, 6) is 1.79. The second-order valence-electron chi connectivity index (χ2n) is 7.16. The van der Waals surface area contributed by atoms with Crippen molar-refractivity contribution in [3.05, 3.63) is 53.6 Å². The molecule has 1 amide bonds. The summed E-state index contributed by atoms with van der Waals surface area (Å²) >= 11 is 0. The maximum Gasteiger partial charge on any atom is 0.407 e. The Bertz CT molecular complexity index is 804. The highest BCUT2D eigenvalue weighted by Gasteiger charge is 2.40. The van der Waals surface area contributed by atoms with Crippen molar-refractivity contribution in [1.82, 2.24) is 5.32 Å². The molecular formula is C21H25NO5. The Labute approximate surface area is 159 Å². The molecule has 1 saturated heterocycles. The largest absolute Gasteiger partial charge is 0.493 e. The first-order chi connectivity index (χ1) is 12.9. The number of carbonyl (C=O) groups is 1. The summed E-state index contributed by atoms with van der Waals surface area (Å²) < 4.78 is 22.2. The number of hydrogen-bond donors (Lipinski definition) is 1. The van der Waals surface area contributed by atoms with Gasteiger partial charge in [-0.05, 0) is 11.6 Å². The summed E-state index contributed by atoms with van der Waals surface area (Å²) in [6, 6.07) is 13.3. The molecule has 0 unspecified atom stereocenters. The number of ether oxygens (including phenoxy) is 4. The van der Waals surface area contributed by atoms with E-state index in [1.807, 2.05) is 50.2 Å². The highest BCUT2D eigenvalue weighted by atomic mass is 16.6. The van der Waals surface area contributed by atoms with Crippen LogP contribution in [0.3, 0.4) is 0 Å². The van der Waals surface area contributed by atoms with Crippen molar-refractivity contribution >= 4 is 6.09 Å². The van der Waals surface area contributed by atoms with Gasteiger partial charge < -0.3 is 24.3 Å². The van der Waals surface area contributed by atoms with Crippen LogP contribution in [-0.2, 0) is 11.3 Å². The lowest BCUT2D eigenvalue weighted by Gasteiger charge is -2.39. The summed E-state index contributed by atoms with van der Waals surface area (Å²) in [6.45, 7) is 4.79. The fourth-order valence-corrected chi connectivity index (χ4v) is 3.15. The molecule has 0 radical (unpaired) electrons. The number of rotatable bonds is 6. The fraction of sp³-hybridized carbons (Fsp3) is 0.381. The van der Waals surface area contributed by atoms with Crippen molar-refractivity contribution in [3.8, 4) is 17.2 Å². The summed E-state index contributed by atoms with van der Waals surface area (Å²) in [7, 11) is 3.17. The average Bonchev–Trinajstić information content (AvgIpc) is 2.68. The number of cyclic esters (lactones) is 1. The van der Waals surface area contributed by atoms with E-state index < -0.39 is 6.09 Å². The van der Waals surface area contributed by atoms with Crippen LogP contribution in [0.15, 0.2) is 42.5 Å². The van der Waals surface area contributed by atoms with Crippen molar-refractivity contribution in [2.75, 3.05) is 20.8 Å². The number of carbonyl (C=O) groups excluding carboxylic acids is 1. The predicted octanol–water partition coefficient (Wildman–Crippen LogP) is 4.09. The van der Waals surface area contributed by atoms with Crippen LogP contribution in [0, 0.1) is 5.41 Å². The minimum atomic E-state index is -0.442. The maximum atomic E-state index is 11.9. The quantitative estimate of drug-likeness (QED) is 0.828. The second kappa shape index (κ2) is 7.78. The molecule has 1 aliphatic rings. The molecular weight excluding hydrogens is 346 g/mol. The minimum Gasteiger partial charge on any atom is -0.493 e. The van der Waals surface area contributed by atoms with Crippen molar-refractivity contribution in [2.24, 2.45) is 5.41 Å². The summed E-state index contributed by atoms with van der Waals surface area (Å²) in [5, 5.41) is 2.91. The van der Waals surface area contributed by atoms with Gasteiger partial charge in [-0.3, -0.25) is 0 Å². The zero-order chi connectivity index (χ0) is 19.4. The molecule has 1 atom stereocenters. The first-order valence-electron chi connectivity index (χ1n) is 8.80.